The Hall–Kier alpha value is -3.03. The summed E-state index contributed by atoms with van der Waals surface area (Å²) in [7, 11) is -3.91. The predicted molar refractivity (Wildman–Crippen MR) is 108 cm³/mol. The average Bonchev–Trinajstić information content (AvgIpc) is 2.64. The topological polar surface area (TPSA) is 87.3 Å². The van der Waals surface area contributed by atoms with Crippen molar-refractivity contribution in [3.8, 4) is 0 Å². The summed E-state index contributed by atoms with van der Waals surface area (Å²) in [6, 6.07) is 21.0. The Morgan fingerprint density at radius 3 is 2.04 bits per heavy atom. The van der Waals surface area contributed by atoms with Crippen molar-refractivity contribution in [1.29, 1.82) is 0 Å². The van der Waals surface area contributed by atoms with Crippen molar-refractivity contribution in [3.05, 3.63) is 83.9 Å². The Morgan fingerprint density at radius 2 is 1.33 bits per heavy atom. The molecule has 3 N–H and O–H groups in total. The van der Waals surface area contributed by atoms with Crippen molar-refractivity contribution < 1.29 is 13.2 Å². The van der Waals surface area contributed by atoms with Gasteiger partial charge in [0.2, 0.25) is 0 Å². The molecule has 3 aromatic rings. The largest absolute Gasteiger partial charge is 0.323 e. The fraction of sp³-hybridized carbons (Fsp3) is 0. The third-order valence-corrected chi connectivity index (χ3v) is 5.44. The molecule has 2 amide bonds. The number of carbonyl (C=O) groups excluding carboxylic acids is 1. The van der Waals surface area contributed by atoms with Gasteiger partial charge in [0.05, 0.1) is 16.4 Å². The van der Waals surface area contributed by atoms with Crippen LogP contribution in [0.15, 0.2) is 83.8 Å². The van der Waals surface area contributed by atoms with Gasteiger partial charge in [-0.3, -0.25) is 4.72 Å². The summed E-state index contributed by atoms with van der Waals surface area (Å²) in [5.74, 6) is 0. The average molecular weight is 402 g/mol. The molecule has 0 unspecified atom stereocenters. The van der Waals surface area contributed by atoms with Gasteiger partial charge in [-0.15, -0.1) is 0 Å². The Morgan fingerprint density at radius 1 is 0.741 bits per heavy atom. The van der Waals surface area contributed by atoms with E-state index in [1.54, 1.807) is 60.7 Å². The van der Waals surface area contributed by atoms with Gasteiger partial charge < -0.3 is 10.6 Å². The number of halogens is 1. The van der Waals surface area contributed by atoms with Crippen LogP contribution in [0, 0.1) is 0 Å². The van der Waals surface area contributed by atoms with Gasteiger partial charge in [-0.2, -0.15) is 0 Å². The maximum atomic E-state index is 12.6. The van der Waals surface area contributed by atoms with Crippen molar-refractivity contribution in [2.75, 3.05) is 15.4 Å². The fourth-order valence-electron chi connectivity index (χ4n) is 2.35. The highest BCUT2D eigenvalue weighted by Gasteiger charge is 2.19. The standard InChI is InChI=1S/C19H16ClN3O3S/c20-15-10-4-7-13-18(15)27(25,26)23-17-12-6-5-11-16(17)22-19(24)21-14-8-2-1-3-9-14/h1-13,23H,(H2,21,22,24). The van der Waals surface area contributed by atoms with Crippen molar-refractivity contribution in [2.24, 2.45) is 0 Å². The first-order chi connectivity index (χ1) is 13.0. The van der Waals surface area contributed by atoms with Gasteiger partial charge in [0.1, 0.15) is 4.90 Å². The van der Waals surface area contributed by atoms with E-state index >= 15 is 0 Å². The summed E-state index contributed by atoms with van der Waals surface area (Å²) in [5, 5.41) is 5.42. The zero-order chi connectivity index (χ0) is 19.3. The molecule has 0 aliphatic rings. The number of benzene rings is 3. The lowest BCUT2D eigenvalue weighted by Gasteiger charge is -2.14. The summed E-state index contributed by atoms with van der Waals surface area (Å²) in [5.41, 5.74) is 1.14. The van der Waals surface area contributed by atoms with E-state index in [1.165, 1.54) is 12.1 Å². The quantitative estimate of drug-likeness (QED) is 0.574. The van der Waals surface area contributed by atoms with Crippen LogP contribution in [0.25, 0.3) is 0 Å². The van der Waals surface area contributed by atoms with Crippen LogP contribution >= 0.6 is 11.6 Å². The van der Waals surface area contributed by atoms with Crippen LogP contribution in [-0.4, -0.2) is 14.4 Å². The van der Waals surface area contributed by atoms with E-state index in [0.29, 0.717) is 11.4 Å². The molecule has 0 heterocycles. The number of hydrogen-bond donors (Lipinski definition) is 3. The lowest BCUT2D eigenvalue weighted by molar-refractivity contribution is 0.262. The minimum Gasteiger partial charge on any atom is -0.308 e. The summed E-state index contributed by atoms with van der Waals surface area (Å²) < 4.78 is 27.7. The zero-order valence-corrected chi connectivity index (χ0v) is 15.6. The van der Waals surface area contributed by atoms with Gasteiger partial charge >= 0.3 is 6.03 Å². The van der Waals surface area contributed by atoms with Crippen LogP contribution in [0.3, 0.4) is 0 Å². The van der Waals surface area contributed by atoms with E-state index in [9.17, 15) is 13.2 Å². The first kappa shape index (κ1) is 18.8. The number of urea groups is 1. The molecule has 6 nitrogen and oxygen atoms in total. The summed E-state index contributed by atoms with van der Waals surface area (Å²) in [6.07, 6.45) is 0. The Balaban J connectivity index is 1.80. The normalized spacial score (nSPS) is 10.9. The highest BCUT2D eigenvalue weighted by atomic mass is 35.5. The van der Waals surface area contributed by atoms with Gasteiger partial charge in [-0.1, -0.05) is 54.1 Å². The second-order valence-corrected chi connectivity index (χ2v) is 7.58. The van der Waals surface area contributed by atoms with E-state index < -0.39 is 16.1 Å². The van der Waals surface area contributed by atoms with E-state index in [1.807, 2.05) is 6.07 Å². The van der Waals surface area contributed by atoms with E-state index in [0.717, 1.165) is 0 Å². The van der Waals surface area contributed by atoms with Gasteiger partial charge in [0, 0.05) is 5.69 Å². The molecule has 0 spiro atoms. The van der Waals surface area contributed by atoms with Crippen LogP contribution in [0.5, 0.6) is 0 Å². The highest BCUT2D eigenvalue weighted by molar-refractivity contribution is 7.92. The number of nitrogens with one attached hydrogen (secondary N) is 3. The van der Waals surface area contributed by atoms with Crippen LogP contribution < -0.4 is 15.4 Å². The molecule has 0 fully saturated rings. The van der Waals surface area contributed by atoms with Crippen LogP contribution in [0.4, 0.5) is 21.9 Å². The number of para-hydroxylation sites is 3. The molecule has 0 aromatic heterocycles. The molecule has 8 heteroatoms. The third-order valence-electron chi connectivity index (χ3n) is 3.58. The first-order valence-electron chi connectivity index (χ1n) is 7.95. The number of rotatable bonds is 5. The molecule has 138 valence electrons. The molecule has 0 atom stereocenters. The molecule has 0 aliphatic carbocycles. The van der Waals surface area contributed by atoms with Gasteiger partial charge in [0.25, 0.3) is 10.0 Å². The molecular weight excluding hydrogens is 386 g/mol. The SMILES string of the molecule is O=C(Nc1ccccc1)Nc1ccccc1NS(=O)(=O)c1ccccc1Cl. The van der Waals surface area contributed by atoms with Crippen molar-refractivity contribution in [2.45, 2.75) is 4.90 Å². The first-order valence-corrected chi connectivity index (χ1v) is 9.81. The van der Waals surface area contributed by atoms with Crippen LogP contribution in [-0.2, 0) is 10.0 Å². The highest BCUT2D eigenvalue weighted by Crippen LogP contribution is 2.27. The second-order valence-electron chi connectivity index (χ2n) is 5.53. The van der Waals surface area contributed by atoms with Crippen molar-refractivity contribution in [3.63, 3.8) is 0 Å². The lowest BCUT2D eigenvalue weighted by atomic mass is 10.3. The number of hydrogen-bond acceptors (Lipinski definition) is 3. The minimum atomic E-state index is -3.91. The van der Waals surface area contributed by atoms with Crippen molar-refractivity contribution >= 4 is 44.7 Å². The molecule has 3 rings (SSSR count). The summed E-state index contributed by atoms with van der Waals surface area (Å²) in [6.45, 7) is 0. The second kappa shape index (κ2) is 8.11. The fourth-order valence-corrected chi connectivity index (χ4v) is 3.95. The van der Waals surface area contributed by atoms with E-state index in [4.69, 9.17) is 11.6 Å². The van der Waals surface area contributed by atoms with Gasteiger partial charge in [0.15, 0.2) is 0 Å². The lowest BCUT2D eigenvalue weighted by Crippen LogP contribution is -2.21. The zero-order valence-electron chi connectivity index (χ0n) is 14.0. The number of sulfonamides is 1. The van der Waals surface area contributed by atoms with Gasteiger partial charge in [-0.25, -0.2) is 13.2 Å². The Kier molecular flexibility index (Phi) is 5.63. The van der Waals surface area contributed by atoms with E-state index in [-0.39, 0.29) is 15.6 Å². The predicted octanol–water partition coefficient (Wildman–Crippen LogP) is 4.78. The Bertz CT molecular complexity index is 1060. The van der Waals surface area contributed by atoms with Crippen LogP contribution in [0.1, 0.15) is 0 Å². The molecular formula is C19H16ClN3O3S. The number of carbonyl (C=O) groups is 1. The minimum absolute atomic E-state index is 0.0461. The molecule has 3 aromatic carbocycles. The monoisotopic (exact) mass is 401 g/mol. The number of amides is 2. The molecule has 0 radical (unpaired) electrons. The smallest absolute Gasteiger partial charge is 0.308 e. The van der Waals surface area contributed by atoms with Gasteiger partial charge in [-0.05, 0) is 36.4 Å². The molecule has 0 aliphatic heterocycles. The maximum absolute atomic E-state index is 12.6. The molecule has 27 heavy (non-hydrogen) atoms. The Labute approximate surface area is 162 Å². The molecule has 0 bridgehead atoms. The summed E-state index contributed by atoms with van der Waals surface area (Å²) >= 11 is 5.99. The maximum Gasteiger partial charge on any atom is 0.323 e. The van der Waals surface area contributed by atoms with E-state index in [2.05, 4.69) is 15.4 Å². The summed E-state index contributed by atoms with van der Waals surface area (Å²) in [4.78, 5) is 12.2. The van der Waals surface area contributed by atoms with Crippen LogP contribution in [0.2, 0.25) is 5.02 Å². The number of anilines is 3. The van der Waals surface area contributed by atoms with Crippen molar-refractivity contribution in [1.82, 2.24) is 0 Å². The molecule has 0 saturated heterocycles. The molecule has 0 saturated carbocycles. The third kappa shape index (κ3) is 4.78.